The van der Waals surface area contributed by atoms with E-state index in [0.29, 0.717) is 28.9 Å². The van der Waals surface area contributed by atoms with Gasteiger partial charge in [-0.25, -0.2) is 9.78 Å². The largest absolute Gasteiger partial charge is 0.465 e. The number of nitrogen functional groups attached to an aromatic ring is 1. The maximum Gasteiger partial charge on any atom is 0.339 e. The van der Waals surface area contributed by atoms with Gasteiger partial charge < -0.3 is 10.5 Å². The number of anilines is 1. The summed E-state index contributed by atoms with van der Waals surface area (Å²) in [7, 11) is 1.31. The number of allylic oxidation sites excluding steroid dienone is 1. The van der Waals surface area contributed by atoms with Gasteiger partial charge in [0.2, 0.25) is 0 Å². The number of benzene rings is 1. The first-order valence-corrected chi connectivity index (χ1v) is 8.77. The number of methoxy groups -OCH3 is 1. The van der Waals surface area contributed by atoms with Crippen molar-refractivity contribution < 1.29 is 9.53 Å². The molecule has 2 N–H and O–H groups in total. The highest BCUT2D eigenvalue weighted by atomic mass is 16.5. The summed E-state index contributed by atoms with van der Waals surface area (Å²) < 4.78 is 6.16. The van der Waals surface area contributed by atoms with Crippen LogP contribution in [0.25, 0.3) is 17.3 Å². The van der Waals surface area contributed by atoms with Crippen LogP contribution in [0.5, 0.6) is 0 Å². The van der Waals surface area contributed by atoms with Gasteiger partial charge in [0, 0.05) is 17.4 Å². The number of ether oxygens (including phenoxy) is 1. The molecule has 1 aromatic carbocycles. The molecule has 0 atom stereocenters. The van der Waals surface area contributed by atoms with Crippen LogP contribution in [-0.2, 0) is 11.2 Å². The smallest absolute Gasteiger partial charge is 0.339 e. The topological polar surface area (TPSA) is 86.7 Å². The minimum Gasteiger partial charge on any atom is -0.465 e. The van der Waals surface area contributed by atoms with E-state index in [1.54, 1.807) is 12.1 Å². The van der Waals surface area contributed by atoms with Gasteiger partial charge in [-0.2, -0.15) is 0 Å². The Labute approximate surface area is 155 Å². The summed E-state index contributed by atoms with van der Waals surface area (Å²) in [4.78, 5) is 29.5. The Morgan fingerprint density at radius 3 is 2.70 bits per heavy atom. The number of nitrogens with zero attached hydrogens (tertiary/aromatic N) is 2. The Balaban J connectivity index is 1.87. The third-order valence-electron chi connectivity index (χ3n) is 4.79. The van der Waals surface area contributed by atoms with Gasteiger partial charge in [-0.15, -0.1) is 0 Å². The zero-order valence-electron chi connectivity index (χ0n) is 14.9. The highest BCUT2D eigenvalue weighted by Gasteiger charge is 2.21. The van der Waals surface area contributed by atoms with Gasteiger partial charge in [0.05, 0.1) is 18.4 Å². The molecule has 2 heterocycles. The quantitative estimate of drug-likeness (QED) is 0.560. The Kier molecular flexibility index (Phi) is 4.24. The van der Waals surface area contributed by atoms with E-state index >= 15 is 0 Å². The number of esters is 1. The molecular formula is C21H19N3O3. The maximum absolute atomic E-state index is 13.0. The Bertz CT molecular complexity index is 1130. The van der Waals surface area contributed by atoms with Crippen LogP contribution in [0, 0.1) is 0 Å². The zero-order chi connectivity index (χ0) is 19.0. The molecule has 1 aliphatic carbocycles. The predicted molar refractivity (Wildman–Crippen MR) is 104 cm³/mol. The minimum absolute atomic E-state index is 0.136. The molecule has 6 heteroatoms. The second kappa shape index (κ2) is 6.72. The van der Waals surface area contributed by atoms with Gasteiger partial charge in [0.15, 0.2) is 0 Å². The number of fused-ring (bicyclic) bond motifs is 2. The molecule has 3 aromatic rings. The average molecular weight is 361 g/mol. The van der Waals surface area contributed by atoms with Crippen molar-refractivity contribution in [2.45, 2.75) is 19.3 Å². The third-order valence-corrected chi connectivity index (χ3v) is 4.79. The van der Waals surface area contributed by atoms with Crippen LogP contribution in [0.1, 0.15) is 40.0 Å². The standard InChI is InChI=1S/C21H19N3O3/c1-27-21(26)15-7-10-18-23-19-14(11-13-5-8-16(22)9-6-13)3-2-4-17(19)20(25)24(18)12-15/h5-12H,2-4,22H2,1H3. The van der Waals surface area contributed by atoms with E-state index < -0.39 is 5.97 Å². The van der Waals surface area contributed by atoms with E-state index in [2.05, 4.69) is 6.08 Å². The molecule has 27 heavy (non-hydrogen) atoms. The second-order valence-corrected chi connectivity index (χ2v) is 6.57. The Morgan fingerprint density at radius 2 is 1.96 bits per heavy atom. The lowest BCUT2D eigenvalue weighted by molar-refractivity contribution is 0.0600. The molecule has 0 saturated carbocycles. The first kappa shape index (κ1) is 17.0. The zero-order valence-corrected chi connectivity index (χ0v) is 14.9. The summed E-state index contributed by atoms with van der Waals surface area (Å²) in [6, 6.07) is 10.9. The Hall–Kier alpha value is -3.41. The summed E-state index contributed by atoms with van der Waals surface area (Å²) in [5.74, 6) is -0.481. The molecule has 136 valence electrons. The highest BCUT2D eigenvalue weighted by molar-refractivity contribution is 5.89. The lowest BCUT2D eigenvalue weighted by Gasteiger charge is -2.18. The summed E-state index contributed by atoms with van der Waals surface area (Å²) in [6.07, 6.45) is 5.97. The van der Waals surface area contributed by atoms with E-state index in [1.807, 2.05) is 24.3 Å². The molecule has 0 amide bonds. The lowest BCUT2D eigenvalue weighted by atomic mass is 9.90. The van der Waals surface area contributed by atoms with Crippen molar-refractivity contribution in [1.82, 2.24) is 9.38 Å². The Morgan fingerprint density at radius 1 is 1.19 bits per heavy atom. The first-order valence-electron chi connectivity index (χ1n) is 8.77. The first-order chi connectivity index (χ1) is 13.1. The maximum atomic E-state index is 13.0. The summed E-state index contributed by atoms with van der Waals surface area (Å²) >= 11 is 0. The predicted octanol–water partition coefficient (Wildman–Crippen LogP) is 2.94. The van der Waals surface area contributed by atoms with Crippen LogP contribution in [-0.4, -0.2) is 22.5 Å². The molecule has 0 saturated heterocycles. The summed E-state index contributed by atoms with van der Waals surface area (Å²) in [5.41, 5.74) is 10.7. The summed E-state index contributed by atoms with van der Waals surface area (Å²) in [5, 5.41) is 0. The van der Waals surface area contributed by atoms with Gasteiger partial charge in [-0.05, 0) is 60.7 Å². The van der Waals surface area contributed by atoms with Crippen molar-refractivity contribution in [2.75, 3.05) is 12.8 Å². The molecule has 0 spiro atoms. The van der Waals surface area contributed by atoms with Crippen LogP contribution in [0.3, 0.4) is 0 Å². The van der Waals surface area contributed by atoms with E-state index in [9.17, 15) is 9.59 Å². The van der Waals surface area contributed by atoms with E-state index in [1.165, 1.54) is 17.7 Å². The van der Waals surface area contributed by atoms with Gasteiger partial charge in [0.1, 0.15) is 5.65 Å². The molecule has 0 aliphatic heterocycles. The number of aromatic nitrogens is 2. The summed E-state index contributed by atoms with van der Waals surface area (Å²) in [6.45, 7) is 0. The molecule has 1 aliphatic rings. The van der Waals surface area contributed by atoms with Crippen molar-refractivity contribution in [1.29, 1.82) is 0 Å². The number of pyridine rings is 1. The molecular weight excluding hydrogens is 342 g/mol. The van der Waals surface area contributed by atoms with Crippen LogP contribution >= 0.6 is 0 Å². The van der Waals surface area contributed by atoms with Crippen LogP contribution < -0.4 is 11.3 Å². The van der Waals surface area contributed by atoms with Gasteiger partial charge in [-0.3, -0.25) is 9.20 Å². The highest BCUT2D eigenvalue weighted by Crippen LogP contribution is 2.30. The van der Waals surface area contributed by atoms with Gasteiger partial charge >= 0.3 is 5.97 Å². The van der Waals surface area contributed by atoms with Gasteiger partial charge in [-0.1, -0.05) is 12.1 Å². The fourth-order valence-electron chi connectivity index (χ4n) is 3.41. The molecule has 4 rings (SSSR count). The number of rotatable bonds is 2. The number of hydrogen-bond acceptors (Lipinski definition) is 5. The fourth-order valence-corrected chi connectivity index (χ4v) is 3.41. The second-order valence-electron chi connectivity index (χ2n) is 6.57. The van der Waals surface area contributed by atoms with Crippen molar-refractivity contribution in [2.24, 2.45) is 0 Å². The van der Waals surface area contributed by atoms with E-state index in [-0.39, 0.29) is 5.56 Å². The van der Waals surface area contributed by atoms with E-state index in [4.69, 9.17) is 15.5 Å². The number of hydrogen-bond donors (Lipinski definition) is 1. The van der Waals surface area contributed by atoms with E-state index in [0.717, 1.165) is 29.7 Å². The van der Waals surface area contributed by atoms with Crippen molar-refractivity contribution >= 4 is 29.0 Å². The number of carbonyl (C=O) groups is 1. The molecule has 0 unspecified atom stereocenters. The molecule has 0 fully saturated rings. The molecule has 2 aromatic heterocycles. The third kappa shape index (κ3) is 3.10. The van der Waals surface area contributed by atoms with Crippen molar-refractivity contribution in [3.63, 3.8) is 0 Å². The molecule has 0 radical (unpaired) electrons. The average Bonchev–Trinajstić information content (AvgIpc) is 2.69. The SMILES string of the molecule is COC(=O)c1ccc2nc3c(c(=O)n2c1)CCCC3=Cc1ccc(N)cc1. The van der Waals surface area contributed by atoms with Crippen molar-refractivity contribution in [3.8, 4) is 0 Å². The van der Waals surface area contributed by atoms with Gasteiger partial charge in [0.25, 0.3) is 5.56 Å². The normalized spacial score (nSPS) is 14.9. The minimum atomic E-state index is -0.481. The molecule has 0 bridgehead atoms. The van der Waals surface area contributed by atoms with Crippen LogP contribution in [0.15, 0.2) is 47.4 Å². The van der Waals surface area contributed by atoms with Crippen molar-refractivity contribution in [3.05, 3.63) is 75.3 Å². The molecule has 6 nitrogen and oxygen atoms in total. The van der Waals surface area contributed by atoms with Crippen LogP contribution in [0.4, 0.5) is 5.69 Å². The van der Waals surface area contributed by atoms with Crippen LogP contribution in [0.2, 0.25) is 0 Å². The lowest BCUT2D eigenvalue weighted by Crippen LogP contribution is -2.25. The monoisotopic (exact) mass is 361 g/mol. The number of carbonyl (C=O) groups excluding carboxylic acids is 1. The number of nitrogens with two attached hydrogens (primary N) is 1. The fraction of sp³-hybridized carbons (Fsp3) is 0.190.